The van der Waals surface area contributed by atoms with E-state index in [9.17, 15) is 9.59 Å². The van der Waals surface area contributed by atoms with Crippen molar-refractivity contribution in [1.29, 1.82) is 0 Å². The first-order chi connectivity index (χ1) is 16.7. The first-order valence-corrected chi connectivity index (χ1v) is 11.6. The largest absolute Gasteiger partial charge is 0.384 e. The van der Waals surface area contributed by atoms with Crippen LogP contribution >= 0.6 is 0 Å². The summed E-state index contributed by atoms with van der Waals surface area (Å²) < 4.78 is 1.69. The van der Waals surface area contributed by atoms with Crippen LogP contribution in [0.4, 0.5) is 5.69 Å². The molecule has 0 fully saturated rings. The molecular formula is C29H27N3O2. The van der Waals surface area contributed by atoms with Crippen LogP contribution in [0.1, 0.15) is 38.5 Å². The molecule has 2 N–H and O–H groups in total. The standard InChI is InChI=1S/C29H27N3O2/c33-27-15-14-23(28(21-8-3-1-4-9-21)22-10-5-2-6-11-22)20-32(27)19-18-31-29(34)25-12-7-13-26-24(25)16-17-30-26/h1-15,20,28,30H,16-19H2,(H,31,34). The van der Waals surface area contributed by atoms with Crippen LogP contribution in [0.3, 0.4) is 0 Å². The van der Waals surface area contributed by atoms with E-state index in [-0.39, 0.29) is 17.4 Å². The molecule has 1 aromatic heterocycles. The van der Waals surface area contributed by atoms with E-state index in [1.165, 1.54) is 11.1 Å². The number of pyridine rings is 1. The van der Waals surface area contributed by atoms with Crippen LogP contribution in [0, 0.1) is 0 Å². The normalized spacial score (nSPS) is 12.3. The van der Waals surface area contributed by atoms with Crippen molar-refractivity contribution in [3.63, 3.8) is 0 Å². The SMILES string of the molecule is O=C(NCCn1cc(C(c2ccccc2)c2ccccc2)ccc1=O)c1cccc2c1CCN2. The zero-order chi connectivity index (χ0) is 23.3. The summed E-state index contributed by atoms with van der Waals surface area (Å²) in [6.45, 7) is 1.63. The predicted molar refractivity (Wildman–Crippen MR) is 135 cm³/mol. The van der Waals surface area contributed by atoms with E-state index in [0.29, 0.717) is 18.7 Å². The van der Waals surface area contributed by atoms with Gasteiger partial charge in [-0.1, -0.05) is 72.8 Å². The first-order valence-electron chi connectivity index (χ1n) is 11.6. The molecule has 5 nitrogen and oxygen atoms in total. The second kappa shape index (κ2) is 9.79. The molecule has 170 valence electrons. The van der Waals surface area contributed by atoms with Gasteiger partial charge in [-0.2, -0.15) is 0 Å². The highest BCUT2D eigenvalue weighted by atomic mass is 16.1. The monoisotopic (exact) mass is 449 g/mol. The number of amides is 1. The van der Waals surface area contributed by atoms with Crippen LogP contribution in [0.15, 0.2) is 102 Å². The van der Waals surface area contributed by atoms with Crippen molar-refractivity contribution < 1.29 is 4.79 Å². The van der Waals surface area contributed by atoms with Crippen LogP contribution in [0.25, 0.3) is 0 Å². The van der Waals surface area contributed by atoms with Gasteiger partial charge in [0.2, 0.25) is 0 Å². The molecule has 5 rings (SSSR count). The Bertz CT molecular complexity index is 1310. The predicted octanol–water partition coefficient (Wildman–Crippen LogP) is 4.43. The van der Waals surface area contributed by atoms with Gasteiger partial charge < -0.3 is 15.2 Å². The number of benzene rings is 3. The van der Waals surface area contributed by atoms with E-state index < -0.39 is 0 Å². The van der Waals surface area contributed by atoms with Crippen molar-refractivity contribution in [2.75, 3.05) is 18.4 Å². The molecule has 3 aromatic carbocycles. The molecule has 1 aliphatic rings. The minimum atomic E-state index is -0.101. The highest BCUT2D eigenvalue weighted by Crippen LogP contribution is 2.31. The summed E-state index contributed by atoms with van der Waals surface area (Å²) in [4.78, 5) is 25.4. The number of rotatable bonds is 7. The number of anilines is 1. The minimum Gasteiger partial charge on any atom is -0.384 e. The molecule has 34 heavy (non-hydrogen) atoms. The highest BCUT2D eigenvalue weighted by molar-refractivity contribution is 5.97. The smallest absolute Gasteiger partial charge is 0.251 e. The molecule has 0 bridgehead atoms. The number of hydrogen-bond donors (Lipinski definition) is 2. The van der Waals surface area contributed by atoms with Gasteiger partial charge >= 0.3 is 0 Å². The summed E-state index contributed by atoms with van der Waals surface area (Å²) in [6, 6.07) is 29.9. The van der Waals surface area contributed by atoms with Gasteiger partial charge in [-0.15, -0.1) is 0 Å². The Labute approximate surface area is 199 Å². The number of nitrogens with zero attached hydrogens (tertiary/aromatic N) is 1. The third-order valence-electron chi connectivity index (χ3n) is 6.35. The molecule has 0 saturated carbocycles. The molecule has 0 saturated heterocycles. The molecule has 4 aromatic rings. The quantitative estimate of drug-likeness (QED) is 0.439. The third kappa shape index (κ3) is 4.50. The van der Waals surface area contributed by atoms with Crippen molar-refractivity contribution in [2.45, 2.75) is 18.9 Å². The molecule has 1 amide bonds. The second-order valence-electron chi connectivity index (χ2n) is 8.51. The van der Waals surface area contributed by atoms with E-state index in [1.807, 2.05) is 66.9 Å². The topological polar surface area (TPSA) is 63.1 Å². The van der Waals surface area contributed by atoms with Crippen molar-refractivity contribution in [3.8, 4) is 0 Å². The van der Waals surface area contributed by atoms with E-state index in [4.69, 9.17) is 0 Å². The fraction of sp³-hybridized carbons (Fsp3) is 0.172. The van der Waals surface area contributed by atoms with E-state index in [0.717, 1.165) is 29.8 Å². The average molecular weight is 450 g/mol. The van der Waals surface area contributed by atoms with Crippen LogP contribution < -0.4 is 16.2 Å². The van der Waals surface area contributed by atoms with Crippen molar-refractivity contribution in [2.24, 2.45) is 0 Å². The lowest BCUT2D eigenvalue weighted by Crippen LogP contribution is -2.31. The first kappa shape index (κ1) is 21.7. The molecule has 0 atom stereocenters. The fourth-order valence-corrected chi connectivity index (χ4v) is 4.71. The summed E-state index contributed by atoms with van der Waals surface area (Å²) in [7, 11) is 0. The van der Waals surface area contributed by atoms with Gasteiger partial charge in [0, 0.05) is 49.1 Å². The van der Waals surface area contributed by atoms with Crippen LogP contribution in [0.2, 0.25) is 0 Å². The molecule has 5 heteroatoms. The van der Waals surface area contributed by atoms with Gasteiger partial charge in [0.05, 0.1) is 0 Å². The summed E-state index contributed by atoms with van der Waals surface area (Å²) >= 11 is 0. The lowest BCUT2D eigenvalue weighted by molar-refractivity contribution is 0.0951. The number of carbonyl (C=O) groups excluding carboxylic acids is 1. The molecular weight excluding hydrogens is 422 g/mol. The maximum atomic E-state index is 12.8. The van der Waals surface area contributed by atoms with E-state index in [2.05, 4.69) is 34.9 Å². The van der Waals surface area contributed by atoms with Gasteiger partial charge in [0.1, 0.15) is 0 Å². The maximum absolute atomic E-state index is 12.8. The Morgan fingerprint density at radius 2 is 1.56 bits per heavy atom. The number of hydrogen-bond acceptors (Lipinski definition) is 3. The zero-order valence-corrected chi connectivity index (χ0v) is 18.9. The van der Waals surface area contributed by atoms with Gasteiger partial charge in [-0.05, 0) is 40.8 Å². The third-order valence-corrected chi connectivity index (χ3v) is 6.35. The summed E-state index contributed by atoms with van der Waals surface area (Å²) in [6.07, 6.45) is 2.77. The lowest BCUT2D eigenvalue weighted by atomic mass is 9.86. The average Bonchev–Trinajstić information content (AvgIpc) is 3.36. The lowest BCUT2D eigenvalue weighted by Gasteiger charge is -2.20. The van der Waals surface area contributed by atoms with Crippen LogP contribution in [-0.2, 0) is 13.0 Å². The molecule has 0 radical (unpaired) electrons. The molecule has 1 aliphatic heterocycles. The Kier molecular flexibility index (Phi) is 6.25. The Morgan fingerprint density at radius 1 is 0.853 bits per heavy atom. The zero-order valence-electron chi connectivity index (χ0n) is 18.9. The number of fused-ring (bicyclic) bond motifs is 1. The molecule has 2 heterocycles. The number of carbonyl (C=O) groups is 1. The van der Waals surface area contributed by atoms with Crippen LogP contribution in [-0.4, -0.2) is 23.6 Å². The Hall–Kier alpha value is -4.12. The summed E-state index contributed by atoms with van der Waals surface area (Å²) in [5.74, 6) is -0.0838. The number of nitrogens with one attached hydrogen (secondary N) is 2. The Morgan fingerprint density at radius 3 is 2.26 bits per heavy atom. The Balaban J connectivity index is 1.36. The van der Waals surface area contributed by atoms with Crippen molar-refractivity contribution in [1.82, 2.24) is 9.88 Å². The highest BCUT2D eigenvalue weighted by Gasteiger charge is 2.19. The van der Waals surface area contributed by atoms with Gasteiger partial charge in [-0.25, -0.2) is 0 Å². The van der Waals surface area contributed by atoms with E-state index in [1.54, 1.807) is 10.6 Å². The fourth-order valence-electron chi connectivity index (χ4n) is 4.71. The molecule has 0 unspecified atom stereocenters. The second-order valence-corrected chi connectivity index (χ2v) is 8.51. The van der Waals surface area contributed by atoms with Crippen LogP contribution in [0.5, 0.6) is 0 Å². The summed E-state index contributed by atoms with van der Waals surface area (Å²) in [5, 5.41) is 6.29. The van der Waals surface area contributed by atoms with Crippen molar-refractivity contribution in [3.05, 3.63) is 135 Å². The van der Waals surface area contributed by atoms with Gasteiger partial charge in [0.25, 0.3) is 11.5 Å². The van der Waals surface area contributed by atoms with Gasteiger partial charge in [0.15, 0.2) is 0 Å². The number of aromatic nitrogens is 1. The summed E-state index contributed by atoms with van der Waals surface area (Å²) in [5.41, 5.74) is 6.09. The van der Waals surface area contributed by atoms with Gasteiger partial charge in [-0.3, -0.25) is 9.59 Å². The van der Waals surface area contributed by atoms with E-state index >= 15 is 0 Å². The maximum Gasteiger partial charge on any atom is 0.251 e. The molecule has 0 spiro atoms. The van der Waals surface area contributed by atoms with Crippen molar-refractivity contribution >= 4 is 11.6 Å². The minimum absolute atomic E-state index is 0.0169. The molecule has 0 aliphatic carbocycles.